The van der Waals surface area contributed by atoms with E-state index in [9.17, 15) is 0 Å². The minimum Gasteiger partial charge on any atom is -0.276 e. The molecule has 0 aromatic carbocycles. The smallest absolute Gasteiger partial charge is 0.152 e. The molecule has 0 aliphatic heterocycles. The van der Waals surface area contributed by atoms with Crippen LogP contribution >= 0.6 is 0 Å². The van der Waals surface area contributed by atoms with E-state index in [-0.39, 0.29) is 0 Å². The molecule has 2 heterocycles. The Morgan fingerprint density at radius 2 is 2.31 bits per heavy atom. The van der Waals surface area contributed by atoms with Crippen molar-refractivity contribution >= 4 is 10.9 Å². The van der Waals surface area contributed by atoms with Crippen molar-refractivity contribution < 1.29 is 0 Å². The first-order valence-corrected chi connectivity index (χ1v) is 3.59. The van der Waals surface area contributed by atoms with Crippen LogP contribution in [0.25, 0.3) is 10.9 Å². The number of fused-ring (bicyclic) bond motifs is 1. The molecule has 0 fully saturated rings. The average molecular weight is 168 g/mol. The van der Waals surface area contributed by atoms with Gasteiger partial charge in [-0.1, -0.05) is 0 Å². The number of hydrogen-bond donors (Lipinski definition) is 1. The van der Waals surface area contributed by atoms with Gasteiger partial charge in [0.1, 0.15) is 5.69 Å². The van der Waals surface area contributed by atoms with Crippen LogP contribution in [0, 0.1) is 23.2 Å². The second-order valence-corrected chi connectivity index (χ2v) is 2.39. The molecule has 0 unspecified atom stereocenters. The molecule has 4 nitrogen and oxygen atoms in total. The maximum atomic E-state index is 8.23. The van der Waals surface area contributed by atoms with Crippen LogP contribution < -0.4 is 0 Å². The molecule has 4 heteroatoms. The van der Waals surface area contributed by atoms with Gasteiger partial charge in [0.25, 0.3) is 0 Å². The van der Waals surface area contributed by atoms with Crippen LogP contribution in [-0.2, 0) is 0 Å². The molecule has 1 N–H and O–H groups in total. The molecule has 2 aromatic heterocycles. The van der Waals surface area contributed by atoms with Crippen molar-refractivity contribution in [3.63, 3.8) is 0 Å². The largest absolute Gasteiger partial charge is 0.276 e. The SMILES string of the molecule is N#CC#Cc1cc2cn[nH]c2cn1. The minimum absolute atomic E-state index is 0.579. The van der Waals surface area contributed by atoms with Gasteiger partial charge in [-0.2, -0.15) is 10.4 Å². The Labute approximate surface area is 74.2 Å². The number of nitrogens with one attached hydrogen (secondary N) is 1. The van der Waals surface area contributed by atoms with Gasteiger partial charge in [-0.15, -0.1) is 0 Å². The Kier molecular flexibility index (Phi) is 1.67. The van der Waals surface area contributed by atoms with Gasteiger partial charge in [-0.05, 0) is 12.0 Å². The summed E-state index contributed by atoms with van der Waals surface area (Å²) in [6.45, 7) is 0. The fraction of sp³-hybridized carbons (Fsp3) is 0. The second-order valence-electron chi connectivity index (χ2n) is 2.39. The van der Waals surface area contributed by atoms with E-state index in [1.807, 2.05) is 0 Å². The van der Waals surface area contributed by atoms with E-state index in [2.05, 4.69) is 27.0 Å². The van der Waals surface area contributed by atoms with Crippen molar-refractivity contribution in [2.45, 2.75) is 0 Å². The van der Waals surface area contributed by atoms with Crippen LogP contribution in [0.1, 0.15) is 5.69 Å². The first-order valence-electron chi connectivity index (χ1n) is 3.59. The summed E-state index contributed by atoms with van der Waals surface area (Å²) in [5.41, 5.74) is 1.44. The zero-order valence-electron chi connectivity index (χ0n) is 6.57. The van der Waals surface area contributed by atoms with Gasteiger partial charge < -0.3 is 0 Å². The highest BCUT2D eigenvalue weighted by Gasteiger charge is 1.95. The summed E-state index contributed by atoms with van der Waals surface area (Å²) in [7, 11) is 0. The van der Waals surface area contributed by atoms with Crippen LogP contribution in [0.3, 0.4) is 0 Å². The maximum absolute atomic E-state index is 8.23. The highest BCUT2D eigenvalue weighted by molar-refractivity contribution is 5.77. The molecule has 0 bridgehead atoms. The lowest BCUT2D eigenvalue weighted by Crippen LogP contribution is -1.80. The lowest BCUT2D eigenvalue weighted by atomic mass is 10.3. The molecule has 60 valence electrons. The molecular formula is C9H4N4. The summed E-state index contributed by atoms with van der Waals surface area (Å²) in [5.74, 6) is 4.90. The molecule has 0 amide bonds. The zero-order valence-corrected chi connectivity index (χ0v) is 6.57. The summed E-state index contributed by atoms with van der Waals surface area (Å²) in [6.07, 6.45) is 3.33. The van der Waals surface area contributed by atoms with E-state index in [0.29, 0.717) is 5.69 Å². The molecule has 0 aliphatic rings. The number of aromatic amines is 1. The first-order chi connectivity index (χ1) is 6.40. The Hall–Kier alpha value is -2.33. The highest BCUT2D eigenvalue weighted by atomic mass is 15.1. The number of pyridine rings is 1. The quantitative estimate of drug-likeness (QED) is 0.592. The van der Waals surface area contributed by atoms with Crippen LogP contribution in [0.2, 0.25) is 0 Å². The third kappa shape index (κ3) is 1.33. The van der Waals surface area contributed by atoms with Gasteiger partial charge in [-0.25, -0.2) is 4.98 Å². The van der Waals surface area contributed by atoms with E-state index >= 15 is 0 Å². The number of hydrogen-bond acceptors (Lipinski definition) is 3. The topological polar surface area (TPSA) is 65.4 Å². The molecule has 0 saturated heterocycles. The standard InChI is InChI=1S/C9H4N4/c10-3-1-2-8-4-7-5-12-13-9(7)6-11-8/h4-6H,(H,12,13). The predicted molar refractivity (Wildman–Crippen MR) is 46.4 cm³/mol. The van der Waals surface area contributed by atoms with Gasteiger partial charge in [0.05, 0.1) is 17.9 Å². The Morgan fingerprint density at radius 3 is 3.15 bits per heavy atom. The van der Waals surface area contributed by atoms with Crippen molar-refractivity contribution in [3.05, 3.63) is 24.2 Å². The Bertz CT molecular complexity index is 536. The molecule has 13 heavy (non-hydrogen) atoms. The third-order valence-corrected chi connectivity index (χ3v) is 1.57. The van der Waals surface area contributed by atoms with Gasteiger partial charge in [-0.3, -0.25) is 5.10 Å². The van der Waals surface area contributed by atoms with Crippen molar-refractivity contribution in [1.82, 2.24) is 15.2 Å². The lowest BCUT2D eigenvalue weighted by Gasteiger charge is -1.88. The number of aromatic nitrogens is 3. The number of rotatable bonds is 0. The van der Waals surface area contributed by atoms with E-state index in [1.165, 1.54) is 0 Å². The molecule has 0 aliphatic carbocycles. The summed E-state index contributed by atoms with van der Waals surface area (Å²) in [6, 6.07) is 3.51. The van der Waals surface area contributed by atoms with Crippen molar-refractivity contribution in [2.75, 3.05) is 0 Å². The number of H-pyrrole nitrogens is 1. The summed E-state index contributed by atoms with van der Waals surface area (Å²) in [4.78, 5) is 4.02. The van der Waals surface area contributed by atoms with Crippen LogP contribution in [-0.4, -0.2) is 15.2 Å². The molecule has 2 aromatic rings. The van der Waals surface area contributed by atoms with E-state index in [4.69, 9.17) is 5.26 Å². The predicted octanol–water partition coefficient (Wildman–Crippen LogP) is 0.833. The molecule has 0 radical (unpaired) electrons. The Balaban J connectivity index is 2.56. The summed E-state index contributed by atoms with van der Waals surface area (Å²) in [5, 5.41) is 15.8. The summed E-state index contributed by atoms with van der Waals surface area (Å²) < 4.78 is 0. The number of nitriles is 1. The van der Waals surface area contributed by atoms with Gasteiger partial charge in [0.2, 0.25) is 0 Å². The Morgan fingerprint density at radius 1 is 1.38 bits per heavy atom. The van der Waals surface area contributed by atoms with Crippen molar-refractivity contribution in [3.8, 4) is 17.9 Å². The zero-order chi connectivity index (χ0) is 9.10. The van der Waals surface area contributed by atoms with Crippen molar-refractivity contribution in [2.24, 2.45) is 0 Å². The van der Waals surface area contributed by atoms with Crippen LogP contribution in [0.15, 0.2) is 18.5 Å². The van der Waals surface area contributed by atoms with E-state index in [0.717, 1.165) is 10.9 Å². The van der Waals surface area contributed by atoms with E-state index in [1.54, 1.807) is 24.5 Å². The monoisotopic (exact) mass is 168 g/mol. The first kappa shape index (κ1) is 7.33. The van der Waals surface area contributed by atoms with Gasteiger partial charge >= 0.3 is 0 Å². The minimum atomic E-state index is 0.579. The van der Waals surface area contributed by atoms with Crippen molar-refractivity contribution in [1.29, 1.82) is 5.26 Å². The molecular weight excluding hydrogens is 164 g/mol. The van der Waals surface area contributed by atoms with Crippen LogP contribution in [0.4, 0.5) is 0 Å². The normalized spacial score (nSPS) is 8.85. The average Bonchev–Trinajstić information content (AvgIpc) is 2.61. The van der Waals surface area contributed by atoms with E-state index < -0.39 is 0 Å². The third-order valence-electron chi connectivity index (χ3n) is 1.57. The number of nitrogens with zero attached hydrogens (tertiary/aromatic N) is 3. The second kappa shape index (κ2) is 2.96. The molecule has 2 rings (SSSR count). The molecule has 0 atom stereocenters. The summed E-state index contributed by atoms with van der Waals surface area (Å²) >= 11 is 0. The van der Waals surface area contributed by atoms with Gasteiger partial charge in [0, 0.05) is 11.3 Å². The fourth-order valence-electron chi connectivity index (χ4n) is 1.00. The van der Waals surface area contributed by atoms with Crippen LogP contribution in [0.5, 0.6) is 0 Å². The highest BCUT2D eigenvalue weighted by Crippen LogP contribution is 2.08. The molecule has 0 spiro atoms. The molecule has 0 saturated carbocycles. The maximum Gasteiger partial charge on any atom is 0.152 e. The lowest BCUT2D eigenvalue weighted by molar-refractivity contribution is 1.11. The fourth-order valence-corrected chi connectivity index (χ4v) is 1.00. The van der Waals surface area contributed by atoms with Gasteiger partial charge in [0.15, 0.2) is 6.07 Å².